The molecule has 2 N–H and O–H groups in total. The van der Waals surface area contributed by atoms with Crippen LogP contribution in [0.4, 0.5) is 0 Å². The summed E-state index contributed by atoms with van der Waals surface area (Å²) in [6, 6.07) is 3.66. The van der Waals surface area contributed by atoms with Crippen LogP contribution in [0.25, 0.3) is 11.0 Å². The number of carboxylic acid groups (broad SMARTS) is 1. The number of rotatable bonds is 2. The summed E-state index contributed by atoms with van der Waals surface area (Å²) in [4.78, 5) is 17.9. The second-order valence-corrected chi connectivity index (χ2v) is 4.63. The number of nitrogens with one attached hydrogen (secondary N) is 1. The maximum atomic E-state index is 10.7. The molecule has 0 spiro atoms. The van der Waals surface area contributed by atoms with Gasteiger partial charge in [0.2, 0.25) is 0 Å². The van der Waals surface area contributed by atoms with Crippen molar-refractivity contribution in [3.63, 3.8) is 0 Å². The van der Waals surface area contributed by atoms with Gasteiger partial charge in [0.05, 0.1) is 17.5 Å². The van der Waals surface area contributed by atoms with Crippen LogP contribution in [0.2, 0.25) is 0 Å². The van der Waals surface area contributed by atoms with Crippen LogP contribution in [0.15, 0.2) is 21.3 Å². The van der Waals surface area contributed by atoms with Gasteiger partial charge in [0, 0.05) is 10.0 Å². The largest absolute Gasteiger partial charge is 0.481 e. The average molecular weight is 334 g/mol. The van der Waals surface area contributed by atoms with Gasteiger partial charge in [-0.1, -0.05) is 15.9 Å². The number of aromatic nitrogens is 2. The number of hydrogen-bond acceptors (Lipinski definition) is 2. The second kappa shape index (κ2) is 3.94. The summed E-state index contributed by atoms with van der Waals surface area (Å²) >= 11 is 6.54. The summed E-state index contributed by atoms with van der Waals surface area (Å²) in [6.45, 7) is 0. The molecule has 2 rings (SSSR count). The number of imidazole rings is 1. The topological polar surface area (TPSA) is 66.0 Å². The first kappa shape index (κ1) is 10.6. The van der Waals surface area contributed by atoms with Gasteiger partial charge in [-0.3, -0.25) is 4.79 Å². The molecular weight excluding hydrogens is 328 g/mol. The Morgan fingerprint density at radius 3 is 2.87 bits per heavy atom. The molecule has 0 aliphatic carbocycles. The molecule has 0 aliphatic heterocycles. The number of carbonyl (C=O) groups is 1. The molecule has 0 saturated carbocycles. The number of H-pyrrole nitrogens is 1. The van der Waals surface area contributed by atoms with Crippen molar-refractivity contribution < 1.29 is 9.90 Å². The first-order valence-electron chi connectivity index (χ1n) is 4.12. The maximum Gasteiger partial charge on any atom is 0.307 e. The highest BCUT2D eigenvalue weighted by Gasteiger charge is 2.12. The van der Waals surface area contributed by atoms with Gasteiger partial charge in [-0.25, -0.2) is 4.98 Å². The highest BCUT2D eigenvalue weighted by atomic mass is 79.9. The van der Waals surface area contributed by atoms with Crippen LogP contribution in [-0.2, 0) is 11.2 Å². The van der Waals surface area contributed by atoms with E-state index in [0.29, 0.717) is 15.8 Å². The predicted molar refractivity (Wildman–Crippen MR) is 62.8 cm³/mol. The fraction of sp³-hybridized carbons (Fsp3) is 0.111. The van der Waals surface area contributed by atoms with Crippen molar-refractivity contribution in [3.05, 3.63) is 26.9 Å². The van der Waals surface area contributed by atoms with E-state index in [2.05, 4.69) is 41.8 Å². The predicted octanol–water partition coefficient (Wildman–Crippen LogP) is 2.72. The molecule has 6 heteroatoms. The van der Waals surface area contributed by atoms with Crippen molar-refractivity contribution in [1.29, 1.82) is 0 Å². The maximum absolute atomic E-state index is 10.7. The molecule has 1 aromatic carbocycles. The van der Waals surface area contributed by atoms with E-state index in [0.717, 1.165) is 9.99 Å². The lowest BCUT2D eigenvalue weighted by Gasteiger charge is -2.01. The molecule has 1 heterocycles. The Morgan fingerprint density at radius 2 is 2.20 bits per heavy atom. The van der Waals surface area contributed by atoms with Crippen molar-refractivity contribution in [1.82, 2.24) is 9.97 Å². The molecule has 2 aromatic rings. The smallest absolute Gasteiger partial charge is 0.307 e. The normalized spacial score (nSPS) is 10.8. The van der Waals surface area contributed by atoms with Gasteiger partial charge in [-0.15, -0.1) is 0 Å². The van der Waals surface area contributed by atoms with Crippen LogP contribution in [0, 0.1) is 0 Å². The molecule has 0 aliphatic rings. The summed E-state index contributed by atoms with van der Waals surface area (Å²) in [5.41, 5.74) is 2.18. The quantitative estimate of drug-likeness (QED) is 0.888. The summed E-state index contributed by atoms with van der Waals surface area (Å²) in [6.07, 6.45) is -0.0464. The molecule has 0 amide bonds. The standard InChI is InChI=1S/C9H6Br2N2O2/c10-5-1-2-6-8(13-9(11)12-6)4(5)3-7(14)15/h1-2H,3H2,(H,12,13)(H,14,15). The molecule has 1 aromatic heterocycles. The summed E-state index contributed by atoms with van der Waals surface area (Å²) in [5.74, 6) is -0.873. The van der Waals surface area contributed by atoms with Gasteiger partial charge in [0.15, 0.2) is 4.73 Å². The van der Waals surface area contributed by atoms with Crippen molar-refractivity contribution in [2.75, 3.05) is 0 Å². The van der Waals surface area contributed by atoms with E-state index < -0.39 is 5.97 Å². The monoisotopic (exact) mass is 332 g/mol. The van der Waals surface area contributed by atoms with Gasteiger partial charge in [-0.2, -0.15) is 0 Å². The minimum atomic E-state index is -0.873. The summed E-state index contributed by atoms with van der Waals surface area (Å²) in [5, 5.41) is 8.79. The highest BCUT2D eigenvalue weighted by Crippen LogP contribution is 2.26. The lowest BCUT2D eigenvalue weighted by molar-refractivity contribution is -0.136. The van der Waals surface area contributed by atoms with E-state index >= 15 is 0 Å². The van der Waals surface area contributed by atoms with Crippen LogP contribution in [-0.4, -0.2) is 21.0 Å². The molecule has 0 fully saturated rings. The Hall–Kier alpha value is -0.880. The lowest BCUT2D eigenvalue weighted by Crippen LogP contribution is -2.01. The Kier molecular flexibility index (Phi) is 2.79. The molecule has 0 bridgehead atoms. The Morgan fingerprint density at radius 1 is 1.47 bits per heavy atom. The molecule has 15 heavy (non-hydrogen) atoms. The molecular formula is C9H6Br2N2O2. The summed E-state index contributed by atoms with van der Waals surface area (Å²) in [7, 11) is 0. The zero-order valence-electron chi connectivity index (χ0n) is 7.42. The minimum absolute atomic E-state index is 0.0464. The van der Waals surface area contributed by atoms with E-state index in [-0.39, 0.29) is 6.42 Å². The number of aromatic amines is 1. The summed E-state index contributed by atoms with van der Waals surface area (Å²) < 4.78 is 1.36. The van der Waals surface area contributed by atoms with E-state index in [9.17, 15) is 4.79 Å². The first-order chi connectivity index (χ1) is 7.08. The number of halogens is 2. The Balaban J connectivity index is 2.67. The van der Waals surface area contributed by atoms with Crippen molar-refractivity contribution in [3.8, 4) is 0 Å². The fourth-order valence-electron chi connectivity index (χ4n) is 1.40. The molecule has 78 valence electrons. The molecule has 0 radical (unpaired) electrons. The molecule has 0 saturated heterocycles. The third-order valence-corrected chi connectivity index (χ3v) is 3.12. The third-order valence-electron chi connectivity index (χ3n) is 2.00. The minimum Gasteiger partial charge on any atom is -0.481 e. The number of aliphatic carboxylic acids is 1. The number of benzene rings is 1. The van der Waals surface area contributed by atoms with Gasteiger partial charge in [0.25, 0.3) is 0 Å². The van der Waals surface area contributed by atoms with Crippen molar-refractivity contribution in [2.45, 2.75) is 6.42 Å². The first-order valence-corrected chi connectivity index (χ1v) is 5.71. The van der Waals surface area contributed by atoms with Crippen molar-refractivity contribution >= 4 is 48.9 Å². The average Bonchev–Trinajstić information content (AvgIpc) is 2.51. The van der Waals surface area contributed by atoms with Crippen LogP contribution in [0.5, 0.6) is 0 Å². The third kappa shape index (κ3) is 2.05. The lowest BCUT2D eigenvalue weighted by atomic mass is 10.1. The second-order valence-electron chi connectivity index (χ2n) is 3.02. The molecule has 0 unspecified atom stereocenters. The number of nitrogens with zero attached hydrogens (tertiary/aromatic N) is 1. The zero-order valence-corrected chi connectivity index (χ0v) is 10.6. The highest BCUT2D eigenvalue weighted by molar-refractivity contribution is 9.10. The number of carboxylic acids is 1. The van der Waals surface area contributed by atoms with Gasteiger partial charge in [-0.05, 0) is 28.1 Å². The zero-order chi connectivity index (χ0) is 11.0. The van der Waals surface area contributed by atoms with Gasteiger partial charge in [0.1, 0.15) is 0 Å². The van der Waals surface area contributed by atoms with Crippen molar-refractivity contribution in [2.24, 2.45) is 0 Å². The molecule has 4 nitrogen and oxygen atoms in total. The van der Waals surface area contributed by atoms with E-state index in [1.165, 1.54) is 0 Å². The van der Waals surface area contributed by atoms with E-state index in [1.807, 2.05) is 12.1 Å². The van der Waals surface area contributed by atoms with Crippen LogP contribution in [0.1, 0.15) is 5.56 Å². The van der Waals surface area contributed by atoms with Gasteiger partial charge < -0.3 is 10.1 Å². The van der Waals surface area contributed by atoms with Crippen LogP contribution >= 0.6 is 31.9 Å². The van der Waals surface area contributed by atoms with E-state index in [1.54, 1.807) is 0 Å². The fourth-order valence-corrected chi connectivity index (χ4v) is 2.25. The van der Waals surface area contributed by atoms with Crippen LogP contribution < -0.4 is 0 Å². The van der Waals surface area contributed by atoms with Gasteiger partial charge >= 0.3 is 5.97 Å². The number of hydrogen-bond donors (Lipinski definition) is 2. The Bertz CT molecular complexity index is 536. The Labute approximate surface area is 102 Å². The van der Waals surface area contributed by atoms with Crippen LogP contribution in [0.3, 0.4) is 0 Å². The SMILES string of the molecule is O=C(O)Cc1c(Br)ccc2[nH]c(Br)nc12. The van der Waals surface area contributed by atoms with E-state index in [4.69, 9.17) is 5.11 Å². The number of fused-ring (bicyclic) bond motifs is 1. The molecule has 0 atom stereocenters.